The first-order valence-corrected chi connectivity index (χ1v) is 3.91. The first-order chi connectivity index (χ1) is 6.68. The van der Waals surface area contributed by atoms with Crippen molar-refractivity contribution in [1.29, 1.82) is 0 Å². The van der Waals surface area contributed by atoms with Crippen LogP contribution in [0, 0.1) is 0 Å². The average molecular weight is 190 g/mol. The van der Waals surface area contributed by atoms with Crippen molar-refractivity contribution in [2.75, 3.05) is 0 Å². The zero-order valence-electron chi connectivity index (χ0n) is 7.02. The van der Waals surface area contributed by atoms with Crippen LogP contribution in [-0.2, 0) is 4.79 Å². The van der Waals surface area contributed by atoms with E-state index in [4.69, 9.17) is 5.11 Å². The Balaban J connectivity index is 2.55. The van der Waals surface area contributed by atoms with Gasteiger partial charge < -0.3 is 10.1 Å². The Morgan fingerprint density at radius 2 is 2.00 bits per heavy atom. The van der Waals surface area contributed by atoms with E-state index in [1.165, 1.54) is 0 Å². The summed E-state index contributed by atoms with van der Waals surface area (Å²) in [6, 6.07) is 6.96. The van der Waals surface area contributed by atoms with Crippen LogP contribution < -0.4 is 0 Å². The highest BCUT2D eigenvalue weighted by molar-refractivity contribution is 6.39. The van der Waals surface area contributed by atoms with E-state index in [2.05, 4.69) is 9.97 Å². The van der Waals surface area contributed by atoms with Crippen molar-refractivity contribution in [2.24, 2.45) is 0 Å². The Kier molecular flexibility index (Phi) is 1.78. The normalized spacial score (nSPS) is 10.3. The van der Waals surface area contributed by atoms with Gasteiger partial charge in [0.05, 0.1) is 11.0 Å². The number of rotatable bonds is 2. The van der Waals surface area contributed by atoms with Crippen LogP contribution >= 0.6 is 0 Å². The van der Waals surface area contributed by atoms with E-state index >= 15 is 0 Å². The monoisotopic (exact) mass is 190 g/mol. The molecule has 1 aromatic carbocycles. The minimum Gasteiger partial charge on any atom is -0.475 e. The van der Waals surface area contributed by atoms with Crippen molar-refractivity contribution >= 4 is 22.8 Å². The van der Waals surface area contributed by atoms with Crippen molar-refractivity contribution in [3.05, 3.63) is 30.1 Å². The Hall–Kier alpha value is -2.17. The summed E-state index contributed by atoms with van der Waals surface area (Å²) in [4.78, 5) is 27.9. The fourth-order valence-electron chi connectivity index (χ4n) is 1.16. The number of hydrogen-bond donors (Lipinski definition) is 2. The number of H-pyrrole nitrogens is 1. The summed E-state index contributed by atoms with van der Waals surface area (Å²) in [5, 5.41) is 8.45. The highest BCUT2D eigenvalue weighted by Gasteiger charge is 2.18. The predicted octanol–water partition coefficient (Wildman–Crippen LogP) is 0.830. The van der Waals surface area contributed by atoms with Crippen molar-refractivity contribution in [3.8, 4) is 0 Å². The van der Waals surface area contributed by atoms with Crippen LogP contribution in [0.1, 0.15) is 10.6 Å². The summed E-state index contributed by atoms with van der Waals surface area (Å²) >= 11 is 0. The molecular weight excluding hydrogens is 184 g/mol. The molecule has 0 unspecified atom stereocenters. The fraction of sp³-hybridized carbons (Fsp3) is 0. The van der Waals surface area contributed by atoms with E-state index < -0.39 is 11.8 Å². The number of carboxylic acids is 1. The van der Waals surface area contributed by atoms with Gasteiger partial charge in [0.25, 0.3) is 0 Å². The molecule has 2 rings (SSSR count). The van der Waals surface area contributed by atoms with E-state index in [0.29, 0.717) is 11.0 Å². The predicted molar refractivity (Wildman–Crippen MR) is 48.1 cm³/mol. The molecular formula is C9H6N2O3. The maximum atomic E-state index is 11.0. The van der Waals surface area contributed by atoms with Gasteiger partial charge in [-0.3, -0.25) is 4.79 Å². The molecule has 0 atom stereocenters. The molecule has 0 spiro atoms. The average Bonchev–Trinajstić information content (AvgIpc) is 2.59. The lowest BCUT2D eigenvalue weighted by atomic mass is 10.3. The number of aromatic amines is 1. The van der Waals surface area contributed by atoms with E-state index in [1.807, 2.05) is 0 Å². The third kappa shape index (κ3) is 1.24. The van der Waals surface area contributed by atoms with Crippen molar-refractivity contribution in [3.63, 3.8) is 0 Å². The molecule has 0 aliphatic carbocycles. The molecule has 5 nitrogen and oxygen atoms in total. The van der Waals surface area contributed by atoms with Crippen LogP contribution in [0.15, 0.2) is 24.3 Å². The van der Waals surface area contributed by atoms with Crippen molar-refractivity contribution in [2.45, 2.75) is 0 Å². The molecule has 2 aromatic rings. The number of ketones is 1. The number of imidazole rings is 1. The third-order valence-electron chi connectivity index (χ3n) is 1.80. The largest absolute Gasteiger partial charge is 0.475 e. The topological polar surface area (TPSA) is 83.0 Å². The lowest BCUT2D eigenvalue weighted by Gasteiger charge is -1.85. The third-order valence-corrected chi connectivity index (χ3v) is 1.80. The molecule has 0 aliphatic heterocycles. The first-order valence-electron chi connectivity index (χ1n) is 3.91. The SMILES string of the molecule is O=C(O)C(=O)c1nc2ccccc2[nH]1. The molecule has 0 radical (unpaired) electrons. The van der Waals surface area contributed by atoms with Gasteiger partial charge in [-0.15, -0.1) is 0 Å². The van der Waals surface area contributed by atoms with Gasteiger partial charge in [0.2, 0.25) is 0 Å². The lowest BCUT2D eigenvalue weighted by Crippen LogP contribution is -2.14. The van der Waals surface area contributed by atoms with E-state index in [-0.39, 0.29) is 5.82 Å². The zero-order valence-corrected chi connectivity index (χ0v) is 7.02. The number of carboxylic acid groups (broad SMARTS) is 1. The number of aliphatic carboxylic acids is 1. The highest BCUT2D eigenvalue weighted by atomic mass is 16.4. The van der Waals surface area contributed by atoms with Gasteiger partial charge in [-0.2, -0.15) is 0 Å². The molecule has 0 saturated heterocycles. The second-order valence-corrected chi connectivity index (χ2v) is 2.74. The standard InChI is InChI=1S/C9H6N2O3/c12-7(9(13)14)8-10-5-3-1-2-4-6(5)11-8/h1-4H,(H,10,11)(H,13,14). The van der Waals surface area contributed by atoms with Crippen LogP contribution in [0.5, 0.6) is 0 Å². The number of nitrogens with zero attached hydrogens (tertiary/aromatic N) is 1. The van der Waals surface area contributed by atoms with Gasteiger partial charge in [-0.05, 0) is 12.1 Å². The van der Waals surface area contributed by atoms with Gasteiger partial charge in [-0.1, -0.05) is 12.1 Å². The summed E-state index contributed by atoms with van der Waals surface area (Å²) in [5.41, 5.74) is 1.23. The van der Waals surface area contributed by atoms with Crippen molar-refractivity contribution in [1.82, 2.24) is 9.97 Å². The fourth-order valence-corrected chi connectivity index (χ4v) is 1.16. The first kappa shape index (κ1) is 8.43. The number of para-hydroxylation sites is 2. The van der Waals surface area contributed by atoms with Crippen LogP contribution in [0.3, 0.4) is 0 Å². The minimum absolute atomic E-state index is 0.140. The molecule has 0 amide bonds. The molecule has 1 heterocycles. The number of benzene rings is 1. The molecule has 5 heteroatoms. The second-order valence-electron chi connectivity index (χ2n) is 2.74. The maximum Gasteiger partial charge on any atom is 0.380 e. The molecule has 0 saturated carbocycles. The number of hydrogen-bond acceptors (Lipinski definition) is 3. The highest BCUT2D eigenvalue weighted by Crippen LogP contribution is 2.10. The van der Waals surface area contributed by atoms with Gasteiger partial charge >= 0.3 is 11.8 Å². The number of Topliss-reactive ketones (excluding diaryl/α,β-unsaturated/α-hetero) is 1. The Bertz CT molecular complexity index is 483. The van der Waals surface area contributed by atoms with Gasteiger partial charge in [0.1, 0.15) is 0 Å². The lowest BCUT2D eigenvalue weighted by molar-refractivity contribution is -0.131. The number of carbonyl (C=O) groups is 2. The van der Waals surface area contributed by atoms with Gasteiger partial charge in [0, 0.05) is 0 Å². The molecule has 1 aromatic heterocycles. The van der Waals surface area contributed by atoms with E-state index in [1.54, 1.807) is 24.3 Å². The Morgan fingerprint density at radius 1 is 1.29 bits per heavy atom. The summed E-state index contributed by atoms with van der Waals surface area (Å²) < 4.78 is 0. The Morgan fingerprint density at radius 3 is 2.64 bits per heavy atom. The summed E-state index contributed by atoms with van der Waals surface area (Å²) in [6.07, 6.45) is 0. The number of fused-ring (bicyclic) bond motifs is 1. The van der Waals surface area contributed by atoms with Crippen molar-refractivity contribution < 1.29 is 14.7 Å². The number of carbonyl (C=O) groups excluding carboxylic acids is 1. The molecule has 2 N–H and O–H groups in total. The summed E-state index contributed by atoms with van der Waals surface area (Å²) in [6.45, 7) is 0. The van der Waals surface area contributed by atoms with E-state index in [9.17, 15) is 9.59 Å². The molecule has 0 aliphatic rings. The van der Waals surface area contributed by atoms with Gasteiger partial charge in [-0.25, -0.2) is 9.78 Å². The van der Waals surface area contributed by atoms with Gasteiger partial charge in [0.15, 0.2) is 5.82 Å². The molecule has 0 fully saturated rings. The second kappa shape index (κ2) is 2.95. The smallest absolute Gasteiger partial charge is 0.380 e. The molecule has 0 bridgehead atoms. The number of nitrogens with one attached hydrogen (secondary N) is 1. The van der Waals surface area contributed by atoms with E-state index in [0.717, 1.165) is 0 Å². The maximum absolute atomic E-state index is 11.0. The number of aromatic nitrogens is 2. The summed E-state index contributed by atoms with van der Waals surface area (Å²) in [7, 11) is 0. The molecule has 70 valence electrons. The van der Waals surface area contributed by atoms with Crippen LogP contribution in [0.25, 0.3) is 11.0 Å². The Labute approximate surface area is 78.4 Å². The zero-order chi connectivity index (χ0) is 10.1. The summed E-state index contributed by atoms with van der Waals surface area (Å²) in [5.74, 6) is -2.68. The minimum atomic E-state index is -1.51. The molecule has 14 heavy (non-hydrogen) atoms. The van der Waals surface area contributed by atoms with Crippen LogP contribution in [-0.4, -0.2) is 26.8 Å². The van der Waals surface area contributed by atoms with Crippen LogP contribution in [0.2, 0.25) is 0 Å². The quantitative estimate of drug-likeness (QED) is 0.542. The van der Waals surface area contributed by atoms with Crippen LogP contribution in [0.4, 0.5) is 0 Å².